The minimum absolute atomic E-state index is 0.150. The van der Waals surface area contributed by atoms with Gasteiger partial charge in [-0.1, -0.05) is 56.3 Å². The molecule has 2 bridgehead atoms. The molecule has 1 spiro atoms. The number of fused-ring (bicyclic) bond motifs is 1. The van der Waals surface area contributed by atoms with Crippen molar-refractivity contribution in [2.24, 2.45) is 17.8 Å². The molecule has 5 rings (SSSR count). The van der Waals surface area contributed by atoms with Crippen molar-refractivity contribution in [1.82, 2.24) is 9.80 Å². The minimum Gasteiger partial charge on any atom is -0.394 e. The van der Waals surface area contributed by atoms with Crippen LogP contribution in [0.2, 0.25) is 0 Å². The molecule has 9 heteroatoms. The van der Waals surface area contributed by atoms with Crippen molar-refractivity contribution >= 4 is 29.1 Å². The van der Waals surface area contributed by atoms with Gasteiger partial charge in [0.05, 0.1) is 30.1 Å². The number of nitrogens with zero attached hydrogens (tertiary/aromatic N) is 4. The van der Waals surface area contributed by atoms with E-state index in [2.05, 4.69) is 31.9 Å². The van der Waals surface area contributed by atoms with Crippen molar-refractivity contribution in [3.05, 3.63) is 85.5 Å². The highest BCUT2D eigenvalue weighted by atomic mass is 16.5. The number of anilines is 2. The average molecular weight is 671 g/mol. The first kappa shape index (κ1) is 36.3. The number of likely N-dealkylation sites (tertiary alicyclic amines) is 1. The molecule has 3 saturated heterocycles. The Hall–Kier alpha value is -3.95. The summed E-state index contributed by atoms with van der Waals surface area (Å²) >= 11 is 0. The summed E-state index contributed by atoms with van der Waals surface area (Å²) in [6.07, 6.45) is 4.87. The molecule has 0 aromatic heterocycles. The summed E-state index contributed by atoms with van der Waals surface area (Å²) in [5.41, 5.74) is 0.558. The lowest BCUT2D eigenvalue weighted by atomic mass is 9.66. The fourth-order valence-corrected chi connectivity index (χ4v) is 8.65. The lowest BCUT2D eigenvalue weighted by Crippen LogP contribution is -2.59. The van der Waals surface area contributed by atoms with E-state index < -0.39 is 35.1 Å². The molecule has 3 aliphatic heterocycles. The lowest BCUT2D eigenvalue weighted by molar-refractivity contribution is -0.152. The second-order valence-corrected chi connectivity index (χ2v) is 14.4. The molecule has 2 aromatic rings. The van der Waals surface area contributed by atoms with Crippen LogP contribution in [0.3, 0.4) is 0 Å². The number of hydrogen-bond acceptors (Lipinski definition) is 6. The second-order valence-electron chi connectivity index (χ2n) is 14.4. The highest BCUT2D eigenvalue weighted by Gasteiger charge is 2.79. The smallest absolute Gasteiger partial charge is 0.253 e. The number of carbonyl (C=O) groups is 3. The number of amides is 3. The van der Waals surface area contributed by atoms with Crippen molar-refractivity contribution in [3.63, 3.8) is 0 Å². The maximum atomic E-state index is 15.1. The molecule has 264 valence electrons. The van der Waals surface area contributed by atoms with E-state index in [-0.39, 0.29) is 36.8 Å². The number of rotatable bonds is 16. The zero-order valence-electron chi connectivity index (χ0n) is 29.9. The summed E-state index contributed by atoms with van der Waals surface area (Å²) in [6.45, 7) is 20.4. The Morgan fingerprint density at radius 3 is 2.18 bits per heavy atom. The van der Waals surface area contributed by atoms with Crippen LogP contribution in [0.4, 0.5) is 11.4 Å². The van der Waals surface area contributed by atoms with Crippen LogP contribution in [0.1, 0.15) is 59.4 Å². The molecule has 3 fully saturated rings. The van der Waals surface area contributed by atoms with Crippen LogP contribution in [0.25, 0.3) is 0 Å². The van der Waals surface area contributed by atoms with E-state index in [0.29, 0.717) is 38.0 Å². The SMILES string of the molecule is C=CCN(Cc1ccccc1)C(=O)[C@@H]1[C@H]2C(=O)N([C@@H](CO)CC(C)C)C(C(=O)N(CC=C)c3ccc(N(CC)CC)cc3)C23CC[C@@]1(C)O3. The van der Waals surface area contributed by atoms with E-state index in [4.69, 9.17) is 4.74 Å². The van der Waals surface area contributed by atoms with Crippen LogP contribution in [0.5, 0.6) is 0 Å². The molecule has 3 amide bonds. The number of hydrogen-bond donors (Lipinski definition) is 1. The number of aliphatic hydroxyl groups is 1. The lowest BCUT2D eigenvalue weighted by Gasteiger charge is -2.40. The Balaban J connectivity index is 1.58. The molecule has 3 aliphatic rings. The van der Waals surface area contributed by atoms with Gasteiger partial charge in [0.15, 0.2) is 0 Å². The maximum Gasteiger partial charge on any atom is 0.253 e. The summed E-state index contributed by atoms with van der Waals surface area (Å²) in [6, 6.07) is 16.0. The van der Waals surface area contributed by atoms with Crippen LogP contribution in [0.15, 0.2) is 79.9 Å². The van der Waals surface area contributed by atoms with Gasteiger partial charge in [0.1, 0.15) is 11.6 Å². The Labute approximate surface area is 292 Å². The molecule has 0 aliphatic carbocycles. The average Bonchev–Trinajstić information content (AvgIpc) is 3.67. The predicted octanol–water partition coefficient (Wildman–Crippen LogP) is 5.44. The van der Waals surface area contributed by atoms with Crippen LogP contribution >= 0.6 is 0 Å². The summed E-state index contributed by atoms with van der Waals surface area (Å²) in [4.78, 5) is 51.9. The zero-order valence-corrected chi connectivity index (χ0v) is 29.9. The van der Waals surface area contributed by atoms with Crippen molar-refractivity contribution in [3.8, 4) is 0 Å². The second kappa shape index (κ2) is 14.9. The first-order valence-corrected chi connectivity index (χ1v) is 17.8. The normalized spacial score (nSPS) is 26.1. The van der Waals surface area contributed by atoms with Crippen LogP contribution in [-0.2, 0) is 25.7 Å². The van der Waals surface area contributed by atoms with Gasteiger partial charge in [-0.3, -0.25) is 14.4 Å². The van der Waals surface area contributed by atoms with Crippen molar-refractivity contribution in [2.75, 3.05) is 42.6 Å². The molecule has 0 saturated carbocycles. The van der Waals surface area contributed by atoms with Gasteiger partial charge in [-0.05, 0) is 75.8 Å². The molecular weight excluding hydrogens is 616 g/mol. The van der Waals surface area contributed by atoms with Gasteiger partial charge < -0.3 is 29.4 Å². The Kier molecular flexibility index (Phi) is 11.0. The third-order valence-corrected chi connectivity index (χ3v) is 10.8. The van der Waals surface area contributed by atoms with E-state index in [1.165, 1.54) is 0 Å². The topological polar surface area (TPSA) is 93.6 Å². The third-order valence-electron chi connectivity index (χ3n) is 10.8. The fraction of sp³-hybridized carbons (Fsp3) is 0.525. The van der Waals surface area contributed by atoms with Crippen molar-refractivity contribution < 1.29 is 24.2 Å². The third kappa shape index (κ3) is 6.55. The van der Waals surface area contributed by atoms with Gasteiger partial charge in [0.25, 0.3) is 5.91 Å². The molecule has 2 unspecified atom stereocenters. The van der Waals surface area contributed by atoms with Gasteiger partial charge in [0.2, 0.25) is 11.8 Å². The first-order valence-electron chi connectivity index (χ1n) is 17.8. The quantitative estimate of drug-likeness (QED) is 0.239. The largest absolute Gasteiger partial charge is 0.394 e. The first-order chi connectivity index (χ1) is 23.5. The van der Waals surface area contributed by atoms with Crippen LogP contribution in [-0.4, -0.2) is 88.7 Å². The van der Waals surface area contributed by atoms with E-state index >= 15 is 4.79 Å². The Bertz CT molecular complexity index is 1510. The van der Waals surface area contributed by atoms with Gasteiger partial charge in [-0.15, -0.1) is 13.2 Å². The maximum absolute atomic E-state index is 15.1. The zero-order chi connectivity index (χ0) is 35.5. The predicted molar refractivity (Wildman–Crippen MR) is 194 cm³/mol. The standard InChI is InChI=1S/C40H54N4O5/c1-8-23-42(26-29-15-13-12-14-16-29)36(46)33-34-37(47)44(32(27-45)25-28(5)6)35(40(34)22-21-39(33,7)49-40)38(48)43(24-9-2)31-19-17-30(18-20-31)41(10-3)11-4/h8-9,12-20,28,32-35,45H,1-2,10-11,21-27H2,3-7H3/t32-,33+,34+,35?,39-,40?/m1/s1. The van der Waals surface area contributed by atoms with E-state index in [9.17, 15) is 14.7 Å². The summed E-state index contributed by atoms with van der Waals surface area (Å²) in [7, 11) is 0. The monoisotopic (exact) mass is 670 g/mol. The summed E-state index contributed by atoms with van der Waals surface area (Å²) in [5.74, 6) is -2.29. The van der Waals surface area contributed by atoms with Crippen molar-refractivity contribution in [1.29, 1.82) is 0 Å². The van der Waals surface area contributed by atoms with Crippen molar-refractivity contribution in [2.45, 2.75) is 83.7 Å². The van der Waals surface area contributed by atoms with Crippen LogP contribution < -0.4 is 9.80 Å². The van der Waals surface area contributed by atoms with E-state index in [1.54, 1.807) is 26.9 Å². The van der Waals surface area contributed by atoms with E-state index in [1.807, 2.05) is 75.4 Å². The number of aliphatic hydroxyl groups excluding tert-OH is 1. The molecule has 1 N–H and O–H groups in total. The molecule has 9 nitrogen and oxygen atoms in total. The number of ether oxygens (including phenoxy) is 1. The molecule has 6 atom stereocenters. The van der Waals surface area contributed by atoms with Gasteiger partial charge in [0, 0.05) is 44.1 Å². The number of benzene rings is 2. The Morgan fingerprint density at radius 1 is 0.980 bits per heavy atom. The van der Waals surface area contributed by atoms with Gasteiger partial charge >= 0.3 is 0 Å². The molecular formula is C40H54N4O5. The number of carbonyl (C=O) groups excluding carboxylic acids is 3. The molecule has 0 radical (unpaired) electrons. The Morgan fingerprint density at radius 2 is 1.61 bits per heavy atom. The molecule has 49 heavy (non-hydrogen) atoms. The minimum atomic E-state index is -1.22. The van der Waals surface area contributed by atoms with E-state index in [0.717, 1.165) is 24.3 Å². The fourth-order valence-electron chi connectivity index (χ4n) is 8.65. The summed E-state index contributed by atoms with van der Waals surface area (Å²) < 4.78 is 6.96. The van der Waals surface area contributed by atoms with Crippen LogP contribution in [0, 0.1) is 17.8 Å². The molecule has 3 heterocycles. The summed E-state index contributed by atoms with van der Waals surface area (Å²) in [5, 5.41) is 10.8. The highest BCUT2D eigenvalue weighted by Crippen LogP contribution is 2.64. The van der Waals surface area contributed by atoms with Gasteiger partial charge in [-0.25, -0.2) is 0 Å². The highest BCUT2D eigenvalue weighted by molar-refractivity contribution is 6.05. The molecule has 2 aromatic carbocycles. The van der Waals surface area contributed by atoms with Gasteiger partial charge in [-0.2, -0.15) is 0 Å².